The van der Waals surface area contributed by atoms with Crippen LogP contribution >= 0.6 is 11.8 Å². The van der Waals surface area contributed by atoms with E-state index in [4.69, 9.17) is 4.42 Å². The Balaban J connectivity index is 2.06. The molecule has 0 radical (unpaired) electrons. The third-order valence-corrected chi connectivity index (χ3v) is 3.56. The summed E-state index contributed by atoms with van der Waals surface area (Å²) in [5.41, 5.74) is 0.474. The van der Waals surface area contributed by atoms with E-state index >= 15 is 0 Å². The van der Waals surface area contributed by atoms with Gasteiger partial charge >= 0.3 is 0 Å². The predicted octanol–water partition coefficient (Wildman–Crippen LogP) is 2.33. The summed E-state index contributed by atoms with van der Waals surface area (Å²) in [5, 5.41) is 21.6. The molecule has 0 bridgehead atoms. The first kappa shape index (κ1) is 16.0. The quantitative estimate of drug-likeness (QED) is 0.493. The highest BCUT2D eigenvalue weighted by molar-refractivity contribution is 7.99. The van der Waals surface area contributed by atoms with E-state index in [1.165, 1.54) is 36.9 Å². The lowest BCUT2D eigenvalue weighted by molar-refractivity contribution is -0.385. The Bertz CT molecular complexity index is 701. The maximum absolute atomic E-state index is 12.1. The molecule has 0 aliphatic rings. The lowest BCUT2D eigenvalue weighted by atomic mass is 10.1. The summed E-state index contributed by atoms with van der Waals surface area (Å²) in [6, 6.07) is 4.37. The van der Waals surface area contributed by atoms with Gasteiger partial charge in [-0.25, -0.2) is 0 Å². The summed E-state index contributed by atoms with van der Waals surface area (Å²) < 4.78 is 5.32. The van der Waals surface area contributed by atoms with Crippen molar-refractivity contribution in [3.63, 3.8) is 0 Å². The summed E-state index contributed by atoms with van der Waals surface area (Å²) >= 11 is 1.41. The molecule has 9 heteroatoms. The molecule has 2 aromatic rings. The van der Waals surface area contributed by atoms with Crippen LogP contribution in [0.25, 0.3) is 0 Å². The number of thioether (sulfide) groups is 1. The van der Waals surface area contributed by atoms with E-state index in [9.17, 15) is 14.9 Å². The molecule has 1 heterocycles. The zero-order chi connectivity index (χ0) is 16.1. The Morgan fingerprint density at radius 3 is 2.91 bits per heavy atom. The van der Waals surface area contributed by atoms with Crippen LogP contribution < -0.4 is 5.32 Å². The number of amides is 1. The molecule has 0 spiro atoms. The molecule has 1 amide bonds. The van der Waals surface area contributed by atoms with E-state index in [2.05, 4.69) is 15.5 Å². The lowest BCUT2D eigenvalue weighted by Gasteiger charge is -2.06. The Morgan fingerprint density at radius 2 is 2.23 bits per heavy atom. The van der Waals surface area contributed by atoms with Crippen molar-refractivity contribution in [3.8, 4) is 0 Å². The molecule has 0 saturated heterocycles. The summed E-state index contributed by atoms with van der Waals surface area (Å²) in [4.78, 5) is 22.5. The van der Waals surface area contributed by atoms with Crippen molar-refractivity contribution in [1.82, 2.24) is 15.5 Å². The van der Waals surface area contributed by atoms with Crippen LogP contribution in [0, 0.1) is 17.0 Å². The first-order chi connectivity index (χ1) is 10.5. The normalized spacial score (nSPS) is 10.5. The number of nitro benzene ring substituents is 1. The maximum Gasteiger partial charge on any atom is 0.276 e. The van der Waals surface area contributed by atoms with Gasteiger partial charge in [-0.2, -0.15) is 0 Å². The van der Waals surface area contributed by atoms with E-state index in [1.807, 2.05) is 6.92 Å². The fraction of sp³-hybridized carbons (Fsp3) is 0.308. The van der Waals surface area contributed by atoms with Gasteiger partial charge in [0.25, 0.3) is 16.8 Å². The van der Waals surface area contributed by atoms with Crippen molar-refractivity contribution in [1.29, 1.82) is 0 Å². The van der Waals surface area contributed by atoms with Crippen LogP contribution in [0.4, 0.5) is 5.69 Å². The van der Waals surface area contributed by atoms with Crippen molar-refractivity contribution >= 4 is 23.4 Å². The van der Waals surface area contributed by atoms with E-state index in [0.717, 1.165) is 5.75 Å². The molecule has 2 rings (SSSR count). The molecule has 0 saturated carbocycles. The Morgan fingerprint density at radius 1 is 1.45 bits per heavy atom. The monoisotopic (exact) mass is 322 g/mol. The molecule has 1 N–H and O–H groups in total. The number of nitrogens with zero attached hydrogens (tertiary/aromatic N) is 3. The number of hydrogen-bond donors (Lipinski definition) is 1. The second-order valence-corrected chi connectivity index (χ2v) is 5.50. The maximum atomic E-state index is 12.1. The third kappa shape index (κ3) is 3.61. The Hall–Kier alpha value is -2.42. The second-order valence-electron chi connectivity index (χ2n) is 4.28. The molecule has 116 valence electrons. The highest BCUT2D eigenvalue weighted by Crippen LogP contribution is 2.21. The van der Waals surface area contributed by atoms with Crippen molar-refractivity contribution in [2.24, 2.45) is 0 Å². The summed E-state index contributed by atoms with van der Waals surface area (Å²) in [7, 11) is 0. The Kier molecular flexibility index (Phi) is 5.10. The number of nitro groups is 1. The first-order valence-corrected chi connectivity index (χ1v) is 7.48. The van der Waals surface area contributed by atoms with E-state index in [1.54, 1.807) is 0 Å². The molecule has 0 unspecified atom stereocenters. The minimum absolute atomic E-state index is 0.0677. The van der Waals surface area contributed by atoms with Crippen molar-refractivity contribution in [2.75, 3.05) is 5.75 Å². The first-order valence-electron chi connectivity index (χ1n) is 6.50. The van der Waals surface area contributed by atoms with Crippen LogP contribution in [0.2, 0.25) is 0 Å². The van der Waals surface area contributed by atoms with Gasteiger partial charge in [-0.15, -0.1) is 10.2 Å². The number of rotatable bonds is 6. The van der Waals surface area contributed by atoms with Crippen LogP contribution in [-0.2, 0) is 6.54 Å². The van der Waals surface area contributed by atoms with Gasteiger partial charge in [-0.05, 0) is 18.7 Å². The number of nitrogens with one attached hydrogen (secondary N) is 1. The highest BCUT2D eigenvalue weighted by Gasteiger charge is 2.18. The summed E-state index contributed by atoms with van der Waals surface area (Å²) in [5.74, 6) is 0.664. The second kappa shape index (κ2) is 7.03. The van der Waals surface area contributed by atoms with Crippen LogP contribution in [0.5, 0.6) is 0 Å². The van der Waals surface area contributed by atoms with Crippen LogP contribution in [0.1, 0.15) is 28.7 Å². The van der Waals surface area contributed by atoms with Crippen molar-refractivity contribution in [3.05, 3.63) is 45.3 Å². The Labute approximate surface area is 130 Å². The van der Waals surface area contributed by atoms with Crippen LogP contribution in [0.3, 0.4) is 0 Å². The number of aromatic nitrogens is 2. The minimum atomic E-state index is -0.516. The van der Waals surface area contributed by atoms with Gasteiger partial charge < -0.3 is 9.73 Å². The van der Waals surface area contributed by atoms with Gasteiger partial charge in [-0.1, -0.05) is 24.8 Å². The minimum Gasteiger partial charge on any atom is -0.414 e. The molecule has 0 aliphatic heterocycles. The summed E-state index contributed by atoms with van der Waals surface area (Å²) in [6.07, 6.45) is 0. The molecule has 1 aromatic carbocycles. The van der Waals surface area contributed by atoms with E-state index in [-0.39, 0.29) is 23.7 Å². The van der Waals surface area contributed by atoms with Gasteiger partial charge in [0, 0.05) is 17.2 Å². The van der Waals surface area contributed by atoms with Crippen LogP contribution in [-0.4, -0.2) is 26.8 Å². The van der Waals surface area contributed by atoms with Gasteiger partial charge in [0.1, 0.15) is 0 Å². The molecule has 0 aliphatic carbocycles. The van der Waals surface area contributed by atoms with Gasteiger partial charge in [-0.3, -0.25) is 14.9 Å². The number of carbonyl (C=O) groups is 1. The van der Waals surface area contributed by atoms with Gasteiger partial charge in [0.05, 0.1) is 11.5 Å². The predicted molar refractivity (Wildman–Crippen MR) is 79.7 cm³/mol. The highest BCUT2D eigenvalue weighted by atomic mass is 32.2. The fourth-order valence-electron chi connectivity index (χ4n) is 1.81. The molecular weight excluding hydrogens is 308 g/mol. The zero-order valence-electron chi connectivity index (χ0n) is 12.0. The van der Waals surface area contributed by atoms with Crippen molar-refractivity contribution < 1.29 is 14.1 Å². The molecule has 0 fully saturated rings. The van der Waals surface area contributed by atoms with Gasteiger partial charge in [0.15, 0.2) is 0 Å². The number of benzene rings is 1. The molecule has 8 nitrogen and oxygen atoms in total. The number of carbonyl (C=O) groups excluding carboxylic acids is 1. The topological polar surface area (TPSA) is 111 Å². The summed E-state index contributed by atoms with van der Waals surface area (Å²) in [6.45, 7) is 3.56. The average molecular weight is 322 g/mol. The van der Waals surface area contributed by atoms with E-state index in [0.29, 0.717) is 10.8 Å². The standard InChI is InChI=1S/C13H14N4O4S/c1-3-22-13-16-15-11(21-13)7-14-12(18)9-5-4-6-10(8(9)2)17(19)20/h4-6H,3,7H2,1-2H3,(H,14,18). The molecule has 1 aromatic heterocycles. The zero-order valence-corrected chi connectivity index (χ0v) is 12.8. The molecular formula is C13H14N4O4S. The average Bonchev–Trinajstić information content (AvgIpc) is 2.93. The molecule has 0 atom stereocenters. The third-order valence-electron chi connectivity index (χ3n) is 2.86. The van der Waals surface area contributed by atoms with E-state index < -0.39 is 10.8 Å². The van der Waals surface area contributed by atoms with Gasteiger partial charge in [0.2, 0.25) is 5.89 Å². The van der Waals surface area contributed by atoms with Crippen LogP contribution in [0.15, 0.2) is 27.8 Å². The fourth-order valence-corrected chi connectivity index (χ4v) is 2.31. The van der Waals surface area contributed by atoms with Crippen molar-refractivity contribution in [2.45, 2.75) is 25.6 Å². The largest absolute Gasteiger partial charge is 0.414 e. The smallest absolute Gasteiger partial charge is 0.276 e. The number of hydrogen-bond acceptors (Lipinski definition) is 7. The molecule has 22 heavy (non-hydrogen) atoms. The SMILES string of the molecule is CCSc1nnc(CNC(=O)c2cccc([N+](=O)[O-])c2C)o1. The lowest BCUT2D eigenvalue weighted by Crippen LogP contribution is -2.24.